The van der Waals surface area contributed by atoms with Gasteiger partial charge < -0.3 is 37.2 Å². The molecule has 1 atom stereocenters. The molecule has 32 heavy (non-hydrogen) atoms. The van der Waals surface area contributed by atoms with E-state index >= 15 is 0 Å². The van der Waals surface area contributed by atoms with E-state index in [2.05, 4.69) is 111 Å². The van der Waals surface area contributed by atoms with Crippen LogP contribution in [0.5, 0.6) is 0 Å². The number of fused-ring (bicyclic) bond motifs is 3. The Morgan fingerprint density at radius 1 is 0.656 bits per heavy atom. The van der Waals surface area contributed by atoms with Crippen LogP contribution in [0.3, 0.4) is 0 Å². The van der Waals surface area contributed by atoms with Gasteiger partial charge in [-0.15, -0.1) is 11.1 Å². The second kappa shape index (κ2) is 12.1. The van der Waals surface area contributed by atoms with Crippen molar-refractivity contribution in [2.45, 2.75) is 25.7 Å². The molecule has 4 aromatic carbocycles. The summed E-state index contributed by atoms with van der Waals surface area (Å²) in [7, 11) is 0. The van der Waals surface area contributed by atoms with Crippen molar-refractivity contribution in [3.05, 3.63) is 130 Å². The van der Waals surface area contributed by atoms with E-state index in [0.717, 1.165) is 0 Å². The van der Waals surface area contributed by atoms with Gasteiger partial charge >= 0.3 is 21.7 Å². The van der Waals surface area contributed by atoms with Crippen molar-refractivity contribution < 1.29 is 58.9 Å². The fourth-order valence-corrected chi connectivity index (χ4v) is 4.76. The molecule has 4 aromatic rings. The average molecular weight is 514 g/mol. The van der Waals surface area contributed by atoms with E-state index in [1.54, 1.807) is 0 Å². The molecule has 0 aromatic heterocycles. The van der Waals surface area contributed by atoms with Crippen LogP contribution in [0, 0.1) is 19.9 Å². The number of halogens is 3. The summed E-state index contributed by atoms with van der Waals surface area (Å²) in [5.41, 5.74) is 10.8. The van der Waals surface area contributed by atoms with Gasteiger partial charge in [0.05, 0.1) is 0 Å². The number of aryl methyl sites for hydroxylation is 2. The first kappa shape index (κ1) is 28.5. The van der Waals surface area contributed by atoms with Crippen LogP contribution in [0.2, 0.25) is 0 Å². The van der Waals surface area contributed by atoms with Crippen LogP contribution < -0.4 is 37.2 Å². The molecule has 160 valence electrons. The fraction of sp³-hybridized carbons (Fsp3) is 0.143. The Kier molecular flexibility index (Phi) is 10.8. The van der Waals surface area contributed by atoms with Gasteiger partial charge in [0.2, 0.25) is 0 Å². The van der Waals surface area contributed by atoms with Gasteiger partial charge in [0.1, 0.15) is 0 Å². The molecule has 0 aliphatic heterocycles. The van der Waals surface area contributed by atoms with Crippen molar-refractivity contribution >= 4 is 0 Å². The number of benzene rings is 4. The minimum Gasteiger partial charge on any atom is -1.00 e. The van der Waals surface area contributed by atoms with E-state index in [-0.39, 0.29) is 70.8 Å². The molecule has 0 bridgehead atoms. The smallest absolute Gasteiger partial charge is 1.00 e. The van der Waals surface area contributed by atoms with Gasteiger partial charge in [0.15, 0.2) is 0 Å². The van der Waals surface area contributed by atoms with Gasteiger partial charge in [0.25, 0.3) is 0 Å². The molecular weight excluding hydrogens is 491 g/mol. The van der Waals surface area contributed by atoms with Crippen molar-refractivity contribution in [3.63, 3.8) is 0 Å². The first-order valence-corrected chi connectivity index (χ1v) is 9.95. The van der Waals surface area contributed by atoms with Crippen LogP contribution in [0.15, 0.2) is 91.0 Å². The normalized spacial score (nSPS) is 12.9. The van der Waals surface area contributed by atoms with E-state index in [4.69, 9.17) is 0 Å². The number of hydrogen-bond donors (Lipinski definition) is 0. The van der Waals surface area contributed by atoms with Crippen LogP contribution in [-0.2, 0) is 21.7 Å². The molecule has 0 spiro atoms. The molecule has 1 unspecified atom stereocenters. The molecule has 0 fully saturated rings. The van der Waals surface area contributed by atoms with Gasteiger partial charge in [-0.25, -0.2) is 0 Å². The van der Waals surface area contributed by atoms with Gasteiger partial charge in [-0.05, 0) is 36.5 Å². The first-order valence-electron chi connectivity index (χ1n) is 9.95. The molecule has 0 nitrogen and oxygen atoms in total. The van der Waals surface area contributed by atoms with E-state index in [0.29, 0.717) is 0 Å². The Morgan fingerprint density at radius 2 is 1.22 bits per heavy atom. The Hall–Kier alpha value is -1.54. The summed E-state index contributed by atoms with van der Waals surface area (Å²) in [4.78, 5) is 0. The zero-order valence-electron chi connectivity index (χ0n) is 17.9. The zero-order valence-corrected chi connectivity index (χ0v) is 21.8. The summed E-state index contributed by atoms with van der Waals surface area (Å²) in [6.45, 7) is 4.36. The first-order chi connectivity index (χ1) is 13.7. The third kappa shape index (κ3) is 5.17. The van der Waals surface area contributed by atoms with Crippen molar-refractivity contribution in [1.82, 2.24) is 0 Å². The van der Waals surface area contributed by atoms with Gasteiger partial charge in [0, 0.05) is 5.92 Å². The van der Waals surface area contributed by atoms with Crippen molar-refractivity contribution in [2.75, 3.05) is 0 Å². The molecule has 0 amide bonds. The SMILES string of the molecule is Cc1cccc(C(c2cccc(C)c2)C2c3[c-]cccc3-c3ccccc32)c1.[Cl-].[Cl-].[Cl-].[Ti+4]. The topological polar surface area (TPSA) is 0 Å². The Balaban J connectivity index is 0.00000128. The Labute approximate surface area is 225 Å². The van der Waals surface area contributed by atoms with E-state index < -0.39 is 0 Å². The largest absolute Gasteiger partial charge is 4.00 e. The maximum absolute atomic E-state index is 3.60. The summed E-state index contributed by atoms with van der Waals surface area (Å²) in [6.07, 6.45) is 0. The van der Waals surface area contributed by atoms with Gasteiger partial charge in [-0.3, -0.25) is 0 Å². The minimum absolute atomic E-state index is 0. The molecule has 0 saturated carbocycles. The van der Waals surface area contributed by atoms with E-state index in [1.165, 1.54) is 44.5 Å². The predicted octanol–water partition coefficient (Wildman–Crippen LogP) is -1.94. The summed E-state index contributed by atoms with van der Waals surface area (Å²) in [6, 6.07) is 36.8. The van der Waals surface area contributed by atoms with Gasteiger partial charge in [-0.1, -0.05) is 89.5 Å². The third-order valence-corrected chi connectivity index (χ3v) is 5.92. The van der Waals surface area contributed by atoms with E-state index in [1.807, 2.05) is 0 Å². The van der Waals surface area contributed by atoms with Crippen LogP contribution in [0.1, 0.15) is 45.2 Å². The predicted molar refractivity (Wildman–Crippen MR) is 117 cm³/mol. The number of hydrogen-bond acceptors (Lipinski definition) is 0. The molecule has 5 rings (SSSR count). The third-order valence-electron chi connectivity index (χ3n) is 5.92. The standard InChI is InChI=1S/C28H23.3ClH.Ti/c1-19-9-7-11-21(17-19)27(22-12-8-10-20(2)18-22)28-25-15-5-3-13-23(25)24-14-4-6-16-26(24)28;;;;/h3-15,17-18,27-28H,1-2H3;3*1H;/q-1;;;;+4/p-3. The van der Waals surface area contributed by atoms with Crippen LogP contribution in [0.25, 0.3) is 11.1 Å². The summed E-state index contributed by atoms with van der Waals surface area (Å²) in [5.74, 6) is 0.539. The van der Waals surface area contributed by atoms with Gasteiger partial charge in [-0.2, -0.15) is 24.3 Å². The summed E-state index contributed by atoms with van der Waals surface area (Å²) < 4.78 is 0. The van der Waals surface area contributed by atoms with Crippen molar-refractivity contribution in [1.29, 1.82) is 0 Å². The molecule has 0 radical (unpaired) electrons. The zero-order chi connectivity index (χ0) is 19.1. The molecular formula is C28H23Cl3Ti. The summed E-state index contributed by atoms with van der Waals surface area (Å²) in [5, 5.41) is 0. The molecule has 1 aliphatic carbocycles. The summed E-state index contributed by atoms with van der Waals surface area (Å²) >= 11 is 0. The molecule has 1 aliphatic rings. The van der Waals surface area contributed by atoms with Crippen LogP contribution in [-0.4, -0.2) is 0 Å². The monoisotopic (exact) mass is 512 g/mol. The van der Waals surface area contributed by atoms with Crippen LogP contribution in [0.4, 0.5) is 0 Å². The molecule has 0 N–H and O–H groups in total. The second-order valence-corrected chi connectivity index (χ2v) is 7.87. The minimum atomic E-state index is 0. The van der Waals surface area contributed by atoms with E-state index in [9.17, 15) is 0 Å². The van der Waals surface area contributed by atoms with Crippen molar-refractivity contribution in [2.24, 2.45) is 0 Å². The molecule has 4 heteroatoms. The second-order valence-electron chi connectivity index (χ2n) is 7.87. The Bertz CT molecular complexity index is 1080. The van der Waals surface area contributed by atoms with Crippen LogP contribution >= 0.6 is 0 Å². The fourth-order valence-electron chi connectivity index (χ4n) is 4.76. The average Bonchev–Trinajstić information content (AvgIpc) is 3.03. The molecule has 0 saturated heterocycles. The number of rotatable bonds is 3. The molecule has 0 heterocycles. The van der Waals surface area contributed by atoms with Crippen molar-refractivity contribution in [3.8, 4) is 11.1 Å². The maximum atomic E-state index is 3.60. The maximum Gasteiger partial charge on any atom is 4.00 e. The quantitative estimate of drug-likeness (QED) is 0.221. The Morgan fingerprint density at radius 3 is 1.81 bits per heavy atom.